The minimum absolute atomic E-state index is 0.0616. The van der Waals surface area contributed by atoms with Gasteiger partial charge in [-0.15, -0.1) is 10.2 Å². The third-order valence-corrected chi connectivity index (χ3v) is 5.91. The van der Waals surface area contributed by atoms with Crippen molar-refractivity contribution in [1.82, 2.24) is 14.8 Å². The van der Waals surface area contributed by atoms with Crippen LogP contribution in [-0.2, 0) is 0 Å². The standard InChI is InChI=1S/C24H20ClN3OS/c1-16-3-7-18(8-4-16)22(29)15-30-24-27-26-23(19-9-11-20(25)12-10-19)28(24)21-13-5-17(2)6-14-21/h3-14H,15H2,1-2H3. The molecule has 0 saturated carbocycles. The molecule has 6 heteroatoms. The van der Waals surface area contributed by atoms with Crippen molar-refractivity contribution in [2.45, 2.75) is 19.0 Å². The van der Waals surface area contributed by atoms with E-state index < -0.39 is 0 Å². The second-order valence-electron chi connectivity index (χ2n) is 7.06. The van der Waals surface area contributed by atoms with Crippen LogP contribution < -0.4 is 0 Å². The van der Waals surface area contributed by atoms with Gasteiger partial charge in [0.05, 0.1) is 5.75 Å². The Balaban J connectivity index is 1.67. The molecule has 1 aromatic heterocycles. The third kappa shape index (κ3) is 4.48. The van der Waals surface area contributed by atoms with Crippen LogP contribution in [0.4, 0.5) is 0 Å². The zero-order valence-corrected chi connectivity index (χ0v) is 18.2. The minimum atomic E-state index is 0.0616. The van der Waals surface area contributed by atoms with Crippen LogP contribution in [0.5, 0.6) is 0 Å². The predicted octanol–water partition coefficient (Wildman–Crippen LogP) is 6.18. The van der Waals surface area contributed by atoms with E-state index in [1.807, 2.05) is 91.2 Å². The molecule has 0 saturated heterocycles. The minimum Gasteiger partial charge on any atom is -0.293 e. The van der Waals surface area contributed by atoms with E-state index >= 15 is 0 Å². The van der Waals surface area contributed by atoms with Crippen LogP contribution in [-0.4, -0.2) is 26.3 Å². The van der Waals surface area contributed by atoms with Gasteiger partial charge in [0.2, 0.25) is 0 Å². The summed E-state index contributed by atoms with van der Waals surface area (Å²) < 4.78 is 1.98. The van der Waals surface area contributed by atoms with Gasteiger partial charge in [-0.1, -0.05) is 70.9 Å². The zero-order chi connectivity index (χ0) is 21.1. The van der Waals surface area contributed by atoms with Crippen LogP contribution in [0.15, 0.2) is 78.0 Å². The fourth-order valence-corrected chi connectivity index (χ4v) is 4.00. The van der Waals surface area contributed by atoms with E-state index in [1.54, 1.807) is 0 Å². The topological polar surface area (TPSA) is 47.8 Å². The van der Waals surface area contributed by atoms with Crippen molar-refractivity contribution in [3.63, 3.8) is 0 Å². The summed E-state index contributed by atoms with van der Waals surface area (Å²) in [5.41, 5.74) is 4.85. The van der Waals surface area contributed by atoms with Crippen molar-refractivity contribution in [2.75, 3.05) is 5.75 Å². The van der Waals surface area contributed by atoms with E-state index in [2.05, 4.69) is 10.2 Å². The molecule has 0 N–H and O–H groups in total. The number of Topliss-reactive ketones (excluding diaryl/α,β-unsaturated/α-hetero) is 1. The number of hydrogen-bond donors (Lipinski definition) is 0. The molecule has 30 heavy (non-hydrogen) atoms. The van der Waals surface area contributed by atoms with Crippen molar-refractivity contribution in [2.24, 2.45) is 0 Å². The number of aromatic nitrogens is 3. The Morgan fingerprint density at radius 3 is 2.10 bits per heavy atom. The molecule has 150 valence electrons. The molecule has 0 amide bonds. The maximum Gasteiger partial charge on any atom is 0.196 e. The summed E-state index contributed by atoms with van der Waals surface area (Å²) in [6.07, 6.45) is 0. The molecular formula is C24H20ClN3OS. The van der Waals surface area contributed by atoms with Crippen LogP contribution in [0.1, 0.15) is 21.5 Å². The summed E-state index contributed by atoms with van der Waals surface area (Å²) in [7, 11) is 0. The van der Waals surface area contributed by atoms with Crippen molar-refractivity contribution in [1.29, 1.82) is 0 Å². The quantitative estimate of drug-likeness (QED) is 0.269. The highest BCUT2D eigenvalue weighted by Gasteiger charge is 2.18. The molecule has 0 aliphatic heterocycles. The Kier molecular flexibility index (Phi) is 6.02. The van der Waals surface area contributed by atoms with E-state index in [1.165, 1.54) is 17.3 Å². The van der Waals surface area contributed by atoms with E-state index in [0.717, 1.165) is 16.8 Å². The first-order valence-corrected chi connectivity index (χ1v) is 10.9. The highest BCUT2D eigenvalue weighted by molar-refractivity contribution is 7.99. The monoisotopic (exact) mass is 433 g/mol. The number of carbonyl (C=O) groups excluding carboxylic acids is 1. The molecule has 0 spiro atoms. The Morgan fingerprint density at radius 1 is 0.867 bits per heavy atom. The number of carbonyl (C=O) groups is 1. The largest absolute Gasteiger partial charge is 0.293 e. The first kappa shape index (κ1) is 20.4. The van der Waals surface area contributed by atoms with E-state index in [4.69, 9.17) is 11.6 Å². The number of hydrogen-bond acceptors (Lipinski definition) is 4. The summed E-state index contributed by atoms with van der Waals surface area (Å²) >= 11 is 7.43. The summed E-state index contributed by atoms with van der Waals surface area (Å²) in [4.78, 5) is 12.6. The number of ketones is 1. The van der Waals surface area contributed by atoms with Crippen LogP contribution in [0.2, 0.25) is 5.02 Å². The molecule has 0 aliphatic rings. The van der Waals surface area contributed by atoms with Gasteiger partial charge < -0.3 is 0 Å². The summed E-state index contributed by atoms with van der Waals surface area (Å²) in [5, 5.41) is 10.1. The molecule has 0 fully saturated rings. The SMILES string of the molecule is Cc1ccc(C(=O)CSc2nnc(-c3ccc(Cl)cc3)n2-c2ccc(C)cc2)cc1. The normalized spacial score (nSPS) is 10.9. The molecule has 0 aliphatic carbocycles. The lowest BCUT2D eigenvalue weighted by Gasteiger charge is -2.11. The van der Waals surface area contributed by atoms with Gasteiger partial charge in [-0.25, -0.2) is 0 Å². The fraction of sp³-hybridized carbons (Fsp3) is 0.125. The van der Waals surface area contributed by atoms with Gasteiger partial charge in [0, 0.05) is 21.8 Å². The second kappa shape index (κ2) is 8.86. The van der Waals surface area contributed by atoms with Crippen LogP contribution in [0.3, 0.4) is 0 Å². The number of benzene rings is 3. The van der Waals surface area contributed by atoms with Crippen LogP contribution >= 0.6 is 23.4 Å². The first-order chi connectivity index (χ1) is 14.5. The van der Waals surface area contributed by atoms with Gasteiger partial charge in [0.15, 0.2) is 16.8 Å². The molecule has 0 atom stereocenters. The van der Waals surface area contributed by atoms with Gasteiger partial charge in [0.1, 0.15) is 0 Å². The lowest BCUT2D eigenvalue weighted by atomic mass is 10.1. The Morgan fingerprint density at radius 2 is 1.47 bits per heavy atom. The molecule has 4 rings (SSSR count). The van der Waals surface area contributed by atoms with Crippen molar-refractivity contribution in [3.8, 4) is 17.1 Å². The van der Waals surface area contributed by atoms with Gasteiger partial charge in [-0.3, -0.25) is 9.36 Å². The van der Waals surface area contributed by atoms with Crippen LogP contribution in [0, 0.1) is 13.8 Å². The lowest BCUT2D eigenvalue weighted by molar-refractivity contribution is 0.102. The number of aryl methyl sites for hydroxylation is 2. The molecule has 3 aromatic carbocycles. The lowest BCUT2D eigenvalue weighted by Crippen LogP contribution is -2.05. The van der Waals surface area contributed by atoms with Gasteiger partial charge in [0.25, 0.3) is 0 Å². The van der Waals surface area contributed by atoms with Crippen molar-refractivity contribution in [3.05, 3.63) is 94.5 Å². The smallest absolute Gasteiger partial charge is 0.196 e. The Hall–Kier alpha value is -2.89. The third-order valence-electron chi connectivity index (χ3n) is 4.73. The van der Waals surface area contributed by atoms with Crippen molar-refractivity contribution >= 4 is 29.1 Å². The average molecular weight is 434 g/mol. The number of thioether (sulfide) groups is 1. The van der Waals surface area contributed by atoms with Crippen LogP contribution in [0.25, 0.3) is 17.1 Å². The van der Waals surface area contributed by atoms with Crippen molar-refractivity contribution < 1.29 is 4.79 Å². The highest BCUT2D eigenvalue weighted by Crippen LogP contribution is 2.29. The maximum atomic E-state index is 12.6. The number of halogens is 1. The van der Waals surface area contributed by atoms with E-state index in [-0.39, 0.29) is 11.5 Å². The maximum absolute atomic E-state index is 12.6. The average Bonchev–Trinajstić information content (AvgIpc) is 3.17. The summed E-state index contributed by atoms with van der Waals surface area (Å²) in [5.74, 6) is 1.06. The van der Waals surface area contributed by atoms with E-state index in [9.17, 15) is 4.79 Å². The molecule has 0 unspecified atom stereocenters. The molecule has 0 radical (unpaired) electrons. The zero-order valence-electron chi connectivity index (χ0n) is 16.7. The summed E-state index contributed by atoms with van der Waals surface area (Å²) in [6, 6.07) is 23.3. The molecule has 4 nitrogen and oxygen atoms in total. The van der Waals surface area contributed by atoms with Gasteiger partial charge >= 0.3 is 0 Å². The van der Waals surface area contributed by atoms with Gasteiger partial charge in [-0.2, -0.15) is 0 Å². The molecule has 0 bridgehead atoms. The number of rotatable bonds is 6. The molecular weight excluding hydrogens is 414 g/mol. The Bertz CT molecular complexity index is 1170. The van der Waals surface area contributed by atoms with E-state index in [0.29, 0.717) is 21.6 Å². The number of nitrogens with zero attached hydrogens (tertiary/aromatic N) is 3. The predicted molar refractivity (Wildman–Crippen MR) is 123 cm³/mol. The first-order valence-electron chi connectivity index (χ1n) is 9.52. The summed E-state index contributed by atoms with van der Waals surface area (Å²) in [6.45, 7) is 4.05. The van der Waals surface area contributed by atoms with Gasteiger partial charge in [-0.05, 0) is 50.2 Å². The molecule has 1 heterocycles. The Labute approximate surface area is 184 Å². The fourth-order valence-electron chi connectivity index (χ4n) is 3.03. The highest BCUT2D eigenvalue weighted by atomic mass is 35.5. The second-order valence-corrected chi connectivity index (χ2v) is 8.44. The molecule has 4 aromatic rings.